The molecule has 0 radical (unpaired) electrons. The summed E-state index contributed by atoms with van der Waals surface area (Å²) in [6, 6.07) is 0.427. The molecule has 3 rings (SSSR count). The van der Waals surface area contributed by atoms with Crippen LogP contribution < -0.4 is 5.32 Å². The van der Waals surface area contributed by atoms with E-state index in [9.17, 15) is 9.59 Å². The van der Waals surface area contributed by atoms with Crippen molar-refractivity contribution in [2.45, 2.75) is 77.8 Å². The maximum Gasteiger partial charge on any atom is 0.323 e. The third kappa shape index (κ3) is 4.28. The summed E-state index contributed by atoms with van der Waals surface area (Å²) in [6.07, 6.45) is 9.60. The minimum absolute atomic E-state index is 0.0773. The summed E-state index contributed by atoms with van der Waals surface area (Å²) < 4.78 is 1.91. The summed E-state index contributed by atoms with van der Waals surface area (Å²) >= 11 is 0. The van der Waals surface area contributed by atoms with Crippen molar-refractivity contribution in [3.8, 4) is 0 Å². The Morgan fingerprint density at radius 3 is 2.56 bits per heavy atom. The van der Waals surface area contributed by atoms with Crippen LogP contribution in [-0.4, -0.2) is 57.2 Å². The molecule has 1 N–H and O–H groups in total. The van der Waals surface area contributed by atoms with E-state index in [2.05, 4.69) is 24.3 Å². The Bertz CT molecular complexity index is 661. The van der Waals surface area contributed by atoms with Gasteiger partial charge in [0.15, 0.2) is 0 Å². The van der Waals surface area contributed by atoms with Crippen LogP contribution in [0.3, 0.4) is 0 Å². The van der Waals surface area contributed by atoms with Gasteiger partial charge >= 0.3 is 6.03 Å². The molecule has 150 valence electrons. The Kier molecular flexibility index (Phi) is 6.39. The van der Waals surface area contributed by atoms with Crippen LogP contribution in [0.5, 0.6) is 0 Å². The molecule has 2 fully saturated rings. The SMILES string of the molecule is CCC(CC)n1ncc(C)c1NC(=O)N1CCN(C2CCCCC2)C(=O)C1. The number of hydrogen-bond donors (Lipinski definition) is 1. The minimum Gasteiger partial charge on any atom is -0.336 e. The zero-order valence-corrected chi connectivity index (χ0v) is 16.9. The highest BCUT2D eigenvalue weighted by Gasteiger charge is 2.32. The number of anilines is 1. The molecule has 2 aliphatic rings. The van der Waals surface area contributed by atoms with Gasteiger partial charge in [0.2, 0.25) is 5.91 Å². The van der Waals surface area contributed by atoms with Gasteiger partial charge in [-0.25, -0.2) is 9.48 Å². The average Bonchev–Trinajstić information content (AvgIpc) is 3.04. The first-order valence-corrected chi connectivity index (χ1v) is 10.4. The summed E-state index contributed by atoms with van der Waals surface area (Å²) in [5.41, 5.74) is 0.947. The lowest BCUT2D eigenvalue weighted by Crippen LogP contribution is -2.56. The molecular weight excluding hydrogens is 342 g/mol. The Labute approximate surface area is 162 Å². The Morgan fingerprint density at radius 2 is 1.93 bits per heavy atom. The summed E-state index contributed by atoms with van der Waals surface area (Å²) in [5, 5.41) is 7.46. The molecule has 1 aromatic rings. The molecule has 0 spiro atoms. The van der Waals surface area contributed by atoms with Gasteiger partial charge in [0, 0.05) is 24.7 Å². The fourth-order valence-electron chi connectivity index (χ4n) is 4.33. The fourth-order valence-corrected chi connectivity index (χ4v) is 4.33. The van der Waals surface area contributed by atoms with E-state index in [-0.39, 0.29) is 24.5 Å². The normalized spacial score (nSPS) is 19.0. The number of rotatable bonds is 5. The second-order valence-corrected chi connectivity index (χ2v) is 7.82. The maximum absolute atomic E-state index is 12.8. The topological polar surface area (TPSA) is 70.5 Å². The molecule has 1 saturated carbocycles. The van der Waals surface area contributed by atoms with Crippen LogP contribution in [0.2, 0.25) is 0 Å². The van der Waals surface area contributed by atoms with E-state index in [1.165, 1.54) is 19.3 Å². The Morgan fingerprint density at radius 1 is 1.22 bits per heavy atom. The first kappa shape index (κ1) is 19.7. The molecule has 0 unspecified atom stereocenters. The second-order valence-electron chi connectivity index (χ2n) is 7.82. The quantitative estimate of drug-likeness (QED) is 0.855. The molecule has 1 saturated heterocycles. The third-order valence-electron chi connectivity index (χ3n) is 6.05. The van der Waals surface area contributed by atoms with Crippen LogP contribution in [0, 0.1) is 6.92 Å². The van der Waals surface area contributed by atoms with E-state index in [1.807, 2.05) is 16.5 Å². The highest BCUT2D eigenvalue weighted by atomic mass is 16.2. The summed E-state index contributed by atoms with van der Waals surface area (Å²) in [5.74, 6) is 0.824. The monoisotopic (exact) mass is 375 g/mol. The number of carbonyl (C=O) groups excluding carboxylic acids is 2. The lowest BCUT2D eigenvalue weighted by Gasteiger charge is -2.40. The largest absolute Gasteiger partial charge is 0.336 e. The lowest BCUT2D eigenvalue weighted by molar-refractivity contribution is -0.138. The van der Waals surface area contributed by atoms with E-state index < -0.39 is 0 Å². The lowest BCUT2D eigenvalue weighted by atomic mass is 9.93. The van der Waals surface area contributed by atoms with Gasteiger partial charge in [0.1, 0.15) is 12.4 Å². The Hall–Kier alpha value is -2.05. The zero-order valence-electron chi connectivity index (χ0n) is 16.9. The van der Waals surface area contributed by atoms with Gasteiger partial charge in [-0.05, 0) is 32.6 Å². The van der Waals surface area contributed by atoms with Crippen molar-refractivity contribution >= 4 is 17.8 Å². The number of carbonyl (C=O) groups is 2. The average molecular weight is 376 g/mol. The van der Waals surface area contributed by atoms with Crippen molar-refractivity contribution in [3.63, 3.8) is 0 Å². The van der Waals surface area contributed by atoms with Crippen LogP contribution in [0.25, 0.3) is 0 Å². The van der Waals surface area contributed by atoms with Crippen molar-refractivity contribution in [1.29, 1.82) is 0 Å². The van der Waals surface area contributed by atoms with Crippen LogP contribution in [-0.2, 0) is 4.79 Å². The molecule has 0 atom stereocenters. The number of hydrogen-bond acceptors (Lipinski definition) is 3. The van der Waals surface area contributed by atoms with E-state index in [1.54, 1.807) is 11.1 Å². The molecule has 7 nitrogen and oxygen atoms in total. The van der Waals surface area contributed by atoms with Gasteiger partial charge in [-0.15, -0.1) is 0 Å². The molecule has 7 heteroatoms. The predicted octanol–water partition coefficient (Wildman–Crippen LogP) is 3.56. The molecule has 27 heavy (non-hydrogen) atoms. The van der Waals surface area contributed by atoms with Gasteiger partial charge in [0.05, 0.1) is 12.2 Å². The van der Waals surface area contributed by atoms with Gasteiger partial charge in [-0.3, -0.25) is 10.1 Å². The Balaban J connectivity index is 1.63. The number of urea groups is 1. The minimum atomic E-state index is -0.206. The molecule has 0 bridgehead atoms. The number of nitrogens with zero attached hydrogens (tertiary/aromatic N) is 4. The summed E-state index contributed by atoms with van der Waals surface area (Å²) in [7, 11) is 0. The second kappa shape index (κ2) is 8.76. The van der Waals surface area contributed by atoms with Crippen molar-refractivity contribution < 1.29 is 9.59 Å². The molecule has 0 aromatic carbocycles. The smallest absolute Gasteiger partial charge is 0.323 e. The van der Waals surface area contributed by atoms with Gasteiger partial charge in [-0.2, -0.15) is 5.10 Å². The summed E-state index contributed by atoms with van der Waals surface area (Å²) in [6.45, 7) is 7.60. The molecule has 1 aliphatic heterocycles. The van der Waals surface area contributed by atoms with Crippen molar-refractivity contribution in [3.05, 3.63) is 11.8 Å². The highest BCUT2D eigenvalue weighted by molar-refractivity contribution is 5.93. The van der Waals surface area contributed by atoms with Crippen LogP contribution in [0.4, 0.5) is 10.6 Å². The number of aromatic nitrogens is 2. The van der Waals surface area contributed by atoms with Crippen molar-refractivity contribution in [1.82, 2.24) is 19.6 Å². The maximum atomic E-state index is 12.8. The van der Waals surface area contributed by atoms with E-state index in [4.69, 9.17) is 0 Å². The standard InChI is InChI=1S/C20H33N5O2/c1-4-16(5-2)25-19(15(3)13-21-25)22-20(27)23-11-12-24(18(26)14-23)17-9-7-6-8-10-17/h13,16-17H,4-12,14H2,1-3H3,(H,22,27). The van der Waals surface area contributed by atoms with E-state index in [0.717, 1.165) is 37.1 Å². The van der Waals surface area contributed by atoms with E-state index in [0.29, 0.717) is 19.1 Å². The number of nitrogens with one attached hydrogen (secondary N) is 1. The highest BCUT2D eigenvalue weighted by Crippen LogP contribution is 2.26. The fraction of sp³-hybridized carbons (Fsp3) is 0.750. The zero-order chi connectivity index (χ0) is 19.4. The molecule has 1 aliphatic carbocycles. The molecular formula is C20H33N5O2. The number of amides is 3. The van der Waals surface area contributed by atoms with Gasteiger partial charge in [0.25, 0.3) is 0 Å². The molecule has 1 aromatic heterocycles. The van der Waals surface area contributed by atoms with Crippen LogP contribution in [0.1, 0.15) is 70.4 Å². The molecule has 3 amide bonds. The van der Waals surface area contributed by atoms with Gasteiger partial charge < -0.3 is 9.80 Å². The molecule has 2 heterocycles. The first-order valence-electron chi connectivity index (χ1n) is 10.4. The number of aryl methyl sites for hydroxylation is 1. The summed E-state index contributed by atoms with van der Waals surface area (Å²) in [4.78, 5) is 29.1. The van der Waals surface area contributed by atoms with Crippen molar-refractivity contribution in [2.24, 2.45) is 0 Å². The van der Waals surface area contributed by atoms with Crippen LogP contribution in [0.15, 0.2) is 6.20 Å². The van der Waals surface area contributed by atoms with E-state index >= 15 is 0 Å². The van der Waals surface area contributed by atoms with Crippen molar-refractivity contribution in [2.75, 3.05) is 25.0 Å². The first-order chi connectivity index (χ1) is 13.0. The third-order valence-corrected chi connectivity index (χ3v) is 6.05. The van der Waals surface area contributed by atoms with Crippen LogP contribution >= 0.6 is 0 Å². The van der Waals surface area contributed by atoms with Gasteiger partial charge in [-0.1, -0.05) is 33.1 Å². The number of piperazine rings is 1. The predicted molar refractivity (Wildman–Crippen MR) is 106 cm³/mol.